The monoisotopic (exact) mass is 551 g/mol. The third-order valence-corrected chi connectivity index (χ3v) is 7.07. The SMILES string of the molecule is Cc1cccc(C)c1N(CC(=O)N(Cc1cccc(Br)c1)C(C)C(=O)NCC(C)C)S(C)(=O)=O. The number of carbonyl (C=O) groups excluding carboxylic acids is 2. The van der Waals surface area contributed by atoms with Crippen LogP contribution in [0, 0.1) is 19.8 Å². The molecule has 2 aromatic carbocycles. The van der Waals surface area contributed by atoms with Gasteiger partial charge in [-0.05, 0) is 55.5 Å². The van der Waals surface area contributed by atoms with Crippen molar-refractivity contribution in [3.05, 3.63) is 63.6 Å². The van der Waals surface area contributed by atoms with Crippen LogP contribution in [0.15, 0.2) is 46.9 Å². The Labute approximate surface area is 211 Å². The molecule has 2 rings (SSSR count). The van der Waals surface area contributed by atoms with Gasteiger partial charge in [-0.25, -0.2) is 8.42 Å². The van der Waals surface area contributed by atoms with Gasteiger partial charge in [0.1, 0.15) is 12.6 Å². The van der Waals surface area contributed by atoms with Gasteiger partial charge >= 0.3 is 0 Å². The lowest BCUT2D eigenvalue weighted by Crippen LogP contribution is -2.51. The standard InChI is InChI=1S/C25H34BrN3O4S/c1-17(2)14-27-25(31)20(5)28(15-21-11-8-12-22(26)13-21)23(30)16-29(34(6,32)33)24-18(3)9-7-10-19(24)4/h7-13,17,20H,14-16H2,1-6H3,(H,27,31). The van der Waals surface area contributed by atoms with Crippen molar-refractivity contribution < 1.29 is 18.0 Å². The average Bonchev–Trinajstić information content (AvgIpc) is 2.73. The van der Waals surface area contributed by atoms with Crippen molar-refractivity contribution in [2.45, 2.75) is 47.2 Å². The van der Waals surface area contributed by atoms with E-state index in [-0.39, 0.29) is 18.4 Å². The molecule has 34 heavy (non-hydrogen) atoms. The number of para-hydroxylation sites is 1. The molecule has 7 nitrogen and oxygen atoms in total. The van der Waals surface area contributed by atoms with Gasteiger partial charge in [0, 0.05) is 17.6 Å². The number of amides is 2. The summed E-state index contributed by atoms with van der Waals surface area (Å²) in [7, 11) is -3.76. The number of nitrogens with zero attached hydrogens (tertiary/aromatic N) is 2. The molecule has 0 radical (unpaired) electrons. The minimum atomic E-state index is -3.76. The Morgan fingerprint density at radius 1 is 1.03 bits per heavy atom. The van der Waals surface area contributed by atoms with Crippen molar-refractivity contribution in [1.29, 1.82) is 0 Å². The van der Waals surface area contributed by atoms with Crippen molar-refractivity contribution in [3.63, 3.8) is 0 Å². The maximum absolute atomic E-state index is 13.6. The smallest absolute Gasteiger partial charge is 0.244 e. The highest BCUT2D eigenvalue weighted by Crippen LogP contribution is 2.27. The molecule has 9 heteroatoms. The molecule has 0 heterocycles. The van der Waals surface area contributed by atoms with Gasteiger partial charge in [0.25, 0.3) is 0 Å². The lowest BCUT2D eigenvalue weighted by atomic mass is 10.1. The van der Waals surface area contributed by atoms with E-state index in [1.54, 1.807) is 6.92 Å². The molecular weight excluding hydrogens is 518 g/mol. The largest absolute Gasteiger partial charge is 0.354 e. The van der Waals surface area contributed by atoms with Gasteiger partial charge in [0.15, 0.2) is 0 Å². The first-order valence-corrected chi connectivity index (χ1v) is 13.8. The molecule has 0 saturated carbocycles. The van der Waals surface area contributed by atoms with Gasteiger partial charge in [0.05, 0.1) is 11.9 Å². The Morgan fingerprint density at radius 2 is 1.62 bits per heavy atom. The van der Waals surface area contributed by atoms with Gasteiger partial charge in [0.2, 0.25) is 21.8 Å². The summed E-state index contributed by atoms with van der Waals surface area (Å²) in [5.74, 6) is -0.481. The van der Waals surface area contributed by atoms with Crippen LogP contribution in [0.25, 0.3) is 0 Å². The summed E-state index contributed by atoms with van der Waals surface area (Å²) in [6, 6.07) is 12.1. The predicted molar refractivity (Wildman–Crippen MR) is 140 cm³/mol. The van der Waals surface area contributed by atoms with Crippen LogP contribution in [0.5, 0.6) is 0 Å². The second-order valence-electron chi connectivity index (χ2n) is 8.98. The highest BCUT2D eigenvalue weighted by Gasteiger charge is 2.31. The van der Waals surface area contributed by atoms with E-state index in [1.807, 2.05) is 70.2 Å². The van der Waals surface area contributed by atoms with Crippen LogP contribution in [0.2, 0.25) is 0 Å². The van der Waals surface area contributed by atoms with Crippen LogP contribution in [0.1, 0.15) is 37.5 Å². The molecule has 0 bridgehead atoms. The van der Waals surface area contributed by atoms with Crippen molar-refractivity contribution in [2.24, 2.45) is 5.92 Å². The Hall–Kier alpha value is -2.39. The van der Waals surface area contributed by atoms with E-state index in [9.17, 15) is 18.0 Å². The number of sulfonamides is 1. The first-order chi connectivity index (χ1) is 15.8. The highest BCUT2D eigenvalue weighted by atomic mass is 79.9. The minimum Gasteiger partial charge on any atom is -0.354 e. The molecule has 0 aliphatic carbocycles. The van der Waals surface area contributed by atoms with Crippen LogP contribution in [0.3, 0.4) is 0 Å². The predicted octanol–water partition coefficient (Wildman–Crippen LogP) is 4.02. The van der Waals surface area contributed by atoms with Crippen LogP contribution in [0.4, 0.5) is 5.69 Å². The summed E-state index contributed by atoms with van der Waals surface area (Å²) < 4.78 is 27.5. The van der Waals surface area contributed by atoms with Crippen molar-refractivity contribution in [3.8, 4) is 0 Å². The molecule has 1 atom stereocenters. The van der Waals surface area contributed by atoms with Crippen molar-refractivity contribution >= 4 is 43.5 Å². The molecule has 1 unspecified atom stereocenters. The number of rotatable bonds is 10. The lowest BCUT2D eigenvalue weighted by molar-refractivity contribution is -0.139. The Kier molecular flexibility index (Phi) is 9.70. The number of hydrogen-bond donors (Lipinski definition) is 1. The van der Waals surface area contributed by atoms with E-state index in [0.717, 1.165) is 31.7 Å². The van der Waals surface area contributed by atoms with Crippen LogP contribution >= 0.6 is 15.9 Å². The zero-order valence-corrected chi connectivity index (χ0v) is 23.0. The maximum Gasteiger partial charge on any atom is 0.244 e. The number of carbonyl (C=O) groups is 2. The minimum absolute atomic E-state index is 0.166. The van der Waals surface area contributed by atoms with E-state index < -0.39 is 28.5 Å². The van der Waals surface area contributed by atoms with Crippen molar-refractivity contribution in [1.82, 2.24) is 10.2 Å². The summed E-state index contributed by atoms with van der Waals surface area (Å²) in [6.45, 7) is 9.51. The molecule has 0 aliphatic rings. The Bertz CT molecular complexity index is 1110. The summed E-state index contributed by atoms with van der Waals surface area (Å²) >= 11 is 3.44. The zero-order valence-electron chi connectivity index (χ0n) is 20.6. The van der Waals surface area contributed by atoms with Crippen molar-refractivity contribution in [2.75, 3.05) is 23.7 Å². The number of hydrogen-bond acceptors (Lipinski definition) is 4. The maximum atomic E-state index is 13.6. The number of aryl methyl sites for hydroxylation is 2. The first kappa shape index (κ1) is 27.9. The number of halogens is 1. The number of anilines is 1. The summed E-state index contributed by atoms with van der Waals surface area (Å²) in [4.78, 5) is 27.9. The van der Waals surface area contributed by atoms with Crippen LogP contribution in [-0.2, 0) is 26.2 Å². The summed E-state index contributed by atoms with van der Waals surface area (Å²) in [5, 5.41) is 2.87. The third-order valence-electron chi connectivity index (χ3n) is 5.46. The fraction of sp³-hybridized carbons (Fsp3) is 0.440. The normalized spacial score (nSPS) is 12.4. The lowest BCUT2D eigenvalue weighted by Gasteiger charge is -2.32. The van der Waals surface area contributed by atoms with Gasteiger partial charge in [-0.1, -0.05) is 60.1 Å². The van der Waals surface area contributed by atoms with Gasteiger partial charge in [-0.3, -0.25) is 13.9 Å². The molecule has 0 spiro atoms. The van der Waals surface area contributed by atoms with Gasteiger partial charge in [-0.2, -0.15) is 0 Å². The molecule has 0 aliphatic heterocycles. The van der Waals surface area contributed by atoms with E-state index in [1.165, 1.54) is 4.90 Å². The van der Waals surface area contributed by atoms with Gasteiger partial charge in [-0.15, -0.1) is 0 Å². The second-order valence-corrected chi connectivity index (χ2v) is 11.8. The fourth-order valence-electron chi connectivity index (χ4n) is 3.64. The van der Waals surface area contributed by atoms with Crippen LogP contribution in [-0.4, -0.2) is 50.5 Å². The molecule has 0 saturated heterocycles. The molecule has 1 N–H and O–H groups in total. The Morgan fingerprint density at radius 3 is 2.15 bits per heavy atom. The quantitative estimate of drug-likeness (QED) is 0.483. The molecule has 0 fully saturated rings. The molecule has 2 aromatic rings. The molecule has 186 valence electrons. The van der Waals surface area contributed by atoms with Gasteiger partial charge < -0.3 is 10.2 Å². The second kappa shape index (κ2) is 11.8. The number of benzene rings is 2. The van der Waals surface area contributed by atoms with Crippen LogP contribution < -0.4 is 9.62 Å². The topological polar surface area (TPSA) is 86.8 Å². The fourth-order valence-corrected chi connectivity index (χ4v) is 5.05. The summed E-state index contributed by atoms with van der Waals surface area (Å²) in [5.41, 5.74) is 2.81. The first-order valence-electron chi connectivity index (χ1n) is 11.2. The molecular formula is C25H34BrN3O4S. The number of nitrogens with one attached hydrogen (secondary N) is 1. The van der Waals surface area contributed by atoms with E-state index >= 15 is 0 Å². The Balaban J connectivity index is 2.43. The zero-order chi connectivity index (χ0) is 25.6. The third kappa shape index (κ3) is 7.56. The summed E-state index contributed by atoms with van der Waals surface area (Å²) in [6.07, 6.45) is 1.09. The average molecular weight is 553 g/mol. The van der Waals surface area contributed by atoms with E-state index in [0.29, 0.717) is 12.2 Å². The van der Waals surface area contributed by atoms with E-state index in [4.69, 9.17) is 0 Å². The van der Waals surface area contributed by atoms with E-state index in [2.05, 4.69) is 21.2 Å². The molecule has 2 amide bonds. The highest BCUT2D eigenvalue weighted by molar-refractivity contribution is 9.10. The molecule has 0 aromatic heterocycles.